The minimum atomic E-state index is -1.95. The van der Waals surface area contributed by atoms with E-state index in [9.17, 15) is 9.18 Å². The van der Waals surface area contributed by atoms with E-state index in [1.807, 2.05) is 30.3 Å². The third-order valence-corrected chi connectivity index (χ3v) is 5.00. The Morgan fingerprint density at radius 1 is 1.06 bits per heavy atom. The van der Waals surface area contributed by atoms with Crippen molar-refractivity contribution in [3.05, 3.63) is 102 Å². The van der Waals surface area contributed by atoms with Gasteiger partial charge in [0.2, 0.25) is 18.2 Å². The molecule has 0 aliphatic heterocycles. The third-order valence-electron chi connectivity index (χ3n) is 5.00. The molecule has 0 aliphatic rings. The molecule has 178 valence electrons. The van der Waals surface area contributed by atoms with E-state index in [4.69, 9.17) is 9.57 Å². The first-order chi connectivity index (χ1) is 17.1. The fraction of sp³-hybridized carbons (Fsp3) is 0.167. The van der Waals surface area contributed by atoms with Gasteiger partial charge < -0.3 is 14.9 Å². The first-order valence-electron chi connectivity index (χ1n) is 10.6. The first kappa shape index (κ1) is 23.5. The number of rotatable bonds is 9. The molecule has 2 atom stereocenters. The molecule has 0 aliphatic carbocycles. The topological polar surface area (TPSA) is 116 Å². The number of carbonyl (C=O) groups is 1. The number of ether oxygens (including phenoxy) is 1. The molecule has 2 aromatic carbocycles. The molecule has 0 saturated heterocycles. The number of nitrogens with zero attached hydrogens (tertiary/aromatic N) is 6. The molecule has 0 bridgehead atoms. The summed E-state index contributed by atoms with van der Waals surface area (Å²) >= 11 is 0. The van der Waals surface area contributed by atoms with E-state index in [1.165, 1.54) is 30.1 Å². The van der Waals surface area contributed by atoms with Crippen molar-refractivity contribution in [3.8, 4) is 5.75 Å². The number of nitrogens with one attached hydrogen (secondary N) is 1. The fourth-order valence-electron chi connectivity index (χ4n) is 3.17. The summed E-state index contributed by atoms with van der Waals surface area (Å²) < 4.78 is 21.5. The van der Waals surface area contributed by atoms with Crippen molar-refractivity contribution in [3.63, 3.8) is 0 Å². The summed E-state index contributed by atoms with van der Waals surface area (Å²) in [5.74, 6) is -0.0244. The molecule has 0 radical (unpaired) electrons. The van der Waals surface area contributed by atoms with E-state index >= 15 is 0 Å². The smallest absolute Gasteiger partial charge is 0.262 e. The van der Waals surface area contributed by atoms with Crippen molar-refractivity contribution in [2.24, 2.45) is 12.2 Å². The van der Waals surface area contributed by atoms with Gasteiger partial charge >= 0.3 is 0 Å². The van der Waals surface area contributed by atoms with Crippen LogP contribution < -0.4 is 10.1 Å². The molecule has 0 fully saturated rings. The molecule has 1 amide bonds. The number of tetrazole rings is 1. The molecule has 10 nitrogen and oxygen atoms in total. The van der Waals surface area contributed by atoms with Crippen molar-refractivity contribution >= 4 is 11.6 Å². The molecule has 0 saturated carbocycles. The number of methoxy groups -OCH3 is 1. The van der Waals surface area contributed by atoms with Crippen molar-refractivity contribution in [1.82, 2.24) is 30.5 Å². The molecular formula is C24H22FN7O3. The zero-order chi connectivity index (χ0) is 24.6. The molecule has 1 N–H and O–H groups in total. The quantitative estimate of drug-likeness (QED) is 0.225. The summed E-state index contributed by atoms with van der Waals surface area (Å²) in [6.07, 6.45) is -1.60. The first-order valence-corrected chi connectivity index (χ1v) is 10.6. The molecule has 4 aromatic rings. The van der Waals surface area contributed by atoms with Crippen LogP contribution in [0.1, 0.15) is 35.0 Å². The Hall–Kier alpha value is -4.67. The summed E-state index contributed by atoms with van der Waals surface area (Å²) in [5, 5.41) is 18.3. The van der Waals surface area contributed by atoms with E-state index in [0.29, 0.717) is 28.5 Å². The predicted molar refractivity (Wildman–Crippen MR) is 124 cm³/mol. The number of aryl methyl sites for hydroxylation is 1. The van der Waals surface area contributed by atoms with Crippen LogP contribution in [-0.4, -0.2) is 43.9 Å². The maximum absolute atomic E-state index is 15.0. The lowest BCUT2D eigenvalue weighted by Gasteiger charge is -2.18. The minimum absolute atomic E-state index is 0.168. The number of pyridine rings is 1. The highest BCUT2D eigenvalue weighted by Gasteiger charge is 2.26. The van der Waals surface area contributed by atoms with Crippen LogP contribution in [0.5, 0.6) is 5.75 Å². The van der Waals surface area contributed by atoms with Gasteiger partial charge in [0.1, 0.15) is 11.4 Å². The standard InChI is InChI=1S/C24H22FN7O3/c1-32-22(28-30-31-32)21(17-8-4-3-5-9-17)29-35-24(19-10-6-7-15-26-19)27-23(33)20(25)16-11-13-18(34-2)14-12-16/h3-15,20,24H,1-2H3,(H,27,33)/b29-21-. The molecule has 4 rings (SSSR count). The summed E-state index contributed by atoms with van der Waals surface area (Å²) in [4.78, 5) is 22.7. The van der Waals surface area contributed by atoms with E-state index in [0.717, 1.165) is 0 Å². The van der Waals surface area contributed by atoms with E-state index in [-0.39, 0.29) is 5.56 Å². The maximum atomic E-state index is 15.0. The van der Waals surface area contributed by atoms with Crippen molar-refractivity contribution in [2.45, 2.75) is 12.4 Å². The normalized spacial score (nSPS) is 13.1. The largest absolute Gasteiger partial charge is 0.497 e. The van der Waals surface area contributed by atoms with E-state index < -0.39 is 18.3 Å². The Bertz CT molecular complexity index is 1280. The molecular weight excluding hydrogens is 453 g/mol. The molecule has 2 heterocycles. The van der Waals surface area contributed by atoms with Crippen LogP contribution in [0, 0.1) is 0 Å². The van der Waals surface area contributed by atoms with Gasteiger partial charge in [-0.25, -0.2) is 9.07 Å². The zero-order valence-corrected chi connectivity index (χ0v) is 18.9. The molecule has 11 heteroatoms. The zero-order valence-electron chi connectivity index (χ0n) is 18.9. The van der Waals surface area contributed by atoms with Gasteiger partial charge in [-0.2, -0.15) is 0 Å². The van der Waals surface area contributed by atoms with Gasteiger partial charge in [-0.3, -0.25) is 9.78 Å². The average molecular weight is 475 g/mol. The van der Waals surface area contributed by atoms with Gasteiger partial charge in [-0.1, -0.05) is 53.7 Å². The number of oxime groups is 1. The number of carbonyl (C=O) groups excluding carboxylic acids is 1. The summed E-state index contributed by atoms with van der Waals surface area (Å²) in [5.41, 5.74) is 1.50. The van der Waals surface area contributed by atoms with Crippen molar-refractivity contribution < 1.29 is 18.8 Å². The number of alkyl halides is 1. The van der Waals surface area contributed by atoms with Crippen molar-refractivity contribution in [2.75, 3.05) is 7.11 Å². The number of hydrogen-bond donors (Lipinski definition) is 1. The average Bonchev–Trinajstić information content (AvgIpc) is 3.34. The van der Waals surface area contributed by atoms with Crippen LogP contribution in [0.15, 0.2) is 84.1 Å². The lowest BCUT2D eigenvalue weighted by molar-refractivity contribution is -0.131. The number of halogens is 1. The number of amides is 1. The summed E-state index contributed by atoms with van der Waals surface area (Å²) in [6.45, 7) is 0. The highest BCUT2D eigenvalue weighted by atomic mass is 19.1. The van der Waals surface area contributed by atoms with Crippen LogP contribution >= 0.6 is 0 Å². The van der Waals surface area contributed by atoms with Gasteiger partial charge in [0.25, 0.3) is 5.91 Å². The number of aromatic nitrogens is 5. The lowest BCUT2D eigenvalue weighted by Crippen LogP contribution is -2.33. The SMILES string of the molecule is COc1ccc(C(F)C(=O)NC(O/N=C(/c2ccccc2)c2nnnn2C)c2ccccn2)cc1. The Balaban J connectivity index is 1.62. The van der Waals surface area contributed by atoms with Crippen LogP contribution in [0.25, 0.3) is 0 Å². The number of hydrogen-bond acceptors (Lipinski definition) is 8. The van der Waals surface area contributed by atoms with E-state index in [2.05, 4.69) is 31.0 Å². The Morgan fingerprint density at radius 3 is 2.43 bits per heavy atom. The number of benzene rings is 2. The monoisotopic (exact) mass is 475 g/mol. The van der Waals surface area contributed by atoms with Gasteiger partial charge in [-0.05, 0) is 40.3 Å². The fourth-order valence-corrected chi connectivity index (χ4v) is 3.17. The summed E-state index contributed by atoms with van der Waals surface area (Å²) in [6, 6.07) is 20.3. The van der Waals surface area contributed by atoms with Crippen LogP contribution in [-0.2, 0) is 16.7 Å². The molecule has 2 unspecified atom stereocenters. The summed E-state index contributed by atoms with van der Waals surface area (Å²) in [7, 11) is 3.17. The van der Waals surface area contributed by atoms with Gasteiger partial charge in [-0.15, -0.1) is 5.10 Å². The predicted octanol–water partition coefficient (Wildman–Crippen LogP) is 2.91. The van der Waals surface area contributed by atoms with Gasteiger partial charge in [0.05, 0.1) is 7.11 Å². The Morgan fingerprint density at radius 2 is 1.80 bits per heavy atom. The third kappa shape index (κ3) is 5.64. The molecule has 35 heavy (non-hydrogen) atoms. The Kier molecular flexibility index (Phi) is 7.36. The van der Waals surface area contributed by atoms with Crippen LogP contribution in [0.3, 0.4) is 0 Å². The van der Waals surface area contributed by atoms with Crippen LogP contribution in [0.4, 0.5) is 4.39 Å². The maximum Gasteiger partial charge on any atom is 0.262 e. The van der Waals surface area contributed by atoms with Crippen LogP contribution in [0.2, 0.25) is 0 Å². The highest BCUT2D eigenvalue weighted by Crippen LogP contribution is 2.23. The second-order valence-electron chi connectivity index (χ2n) is 7.32. The Labute approximate surface area is 200 Å². The molecule has 2 aromatic heterocycles. The van der Waals surface area contributed by atoms with Gasteiger partial charge in [0.15, 0.2) is 5.71 Å². The second-order valence-corrected chi connectivity index (χ2v) is 7.32. The minimum Gasteiger partial charge on any atom is -0.497 e. The lowest BCUT2D eigenvalue weighted by atomic mass is 10.1. The second kappa shape index (κ2) is 11.0. The van der Waals surface area contributed by atoms with Gasteiger partial charge in [0, 0.05) is 18.8 Å². The molecule has 0 spiro atoms. The van der Waals surface area contributed by atoms with E-state index in [1.54, 1.807) is 37.4 Å². The van der Waals surface area contributed by atoms with Crippen molar-refractivity contribution in [1.29, 1.82) is 0 Å². The highest BCUT2D eigenvalue weighted by molar-refractivity contribution is 6.10.